The van der Waals surface area contributed by atoms with Crippen molar-refractivity contribution in [3.05, 3.63) is 95.0 Å². The second-order valence-corrected chi connectivity index (χ2v) is 7.35. The van der Waals surface area contributed by atoms with Crippen LogP contribution in [0.25, 0.3) is 0 Å². The Labute approximate surface area is 185 Å². The van der Waals surface area contributed by atoms with Gasteiger partial charge >= 0.3 is 0 Å². The SMILES string of the molecule is CN1N=C(c2ccccc2)c2cc(Cl)ccc2N=C1NNC(=S)Nc1ccccc1. The van der Waals surface area contributed by atoms with Gasteiger partial charge in [-0.25, -0.2) is 10.0 Å². The number of thiocarbonyl (C=S) groups is 1. The number of nitrogens with zero attached hydrogens (tertiary/aromatic N) is 3. The molecule has 0 spiro atoms. The van der Waals surface area contributed by atoms with Gasteiger partial charge in [0.25, 0.3) is 0 Å². The highest BCUT2D eigenvalue weighted by atomic mass is 35.5. The Morgan fingerprint density at radius 2 is 1.67 bits per heavy atom. The van der Waals surface area contributed by atoms with Crippen molar-refractivity contribution in [3.63, 3.8) is 0 Å². The van der Waals surface area contributed by atoms with E-state index in [0.29, 0.717) is 16.1 Å². The molecule has 0 saturated carbocycles. The van der Waals surface area contributed by atoms with Gasteiger partial charge < -0.3 is 5.32 Å². The molecule has 0 saturated heterocycles. The van der Waals surface area contributed by atoms with Crippen LogP contribution in [-0.2, 0) is 0 Å². The molecule has 0 aromatic heterocycles. The molecule has 0 aliphatic carbocycles. The number of para-hydroxylation sites is 1. The fourth-order valence-electron chi connectivity index (χ4n) is 2.95. The average Bonchev–Trinajstić information content (AvgIpc) is 2.90. The maximum Gasteiger partial charge on any atom is 0.238 e. The third kappa shape index (κ3) is 4.59. The highest BCUT2D eigenvalue weighted by Gasteiger charge is 2.19. The molecule has 3 aromatic rings. The summed E-state index contributed by atoms with van der Waals surface area (Å²) in [7, 11) is 1.82. The standard InChI is InChI=1S/C22H19ClN6S/c1-29-21(26-27-22(30)24-17-10-6-3-7-11-17)25-19-13-12-16(23)14-18(19)20(28-29)15-8-4-2-5-9-15/h2-14H,1H3,(H,25,26)(H2,24,27,30). The predicted octanol–water partition coefficient (Wildman–Crippen LogP) is 4.52. The summed E-state index contributed by atoms with van der Waals surface area (Å²) in [5.74, 6) is 0.488. The van der Waals surface area contributed by atoms with E-state index in [0.717, 1.165) is 28.2 Å². The first-order chi connectivity index (χ1) is 14.6. The Bertz CT molecular complexity index is 1110. The lowest BCUT2D eigenvalue weighted by atomic mass is 10.0. The number of guanidine groups is 1. The molecule has 150 valence electrons. The third-order valence-electron chi connectivity index (χ3n) is 4.36. The lowest BCUT2D eigenvalue weighted by molar-refractivity contribution is 0.514. The minimum Gasteiger partial charge on any atom is -0.331 e. The summed E-state index contributed by atoms with van der Waals surface area (Å²) in [5, 5.41) is 10.6. The largest absolute Gasteiger partial charge is 0.331 e. The van der Waals surface area contributed by atoms with Crippen molar-refractivity contribution in [2.75, 3.05) is 12.4 Å². The lowest BCUT2D eigenvalue weighted by Crippen LogP contribution is -2.48. The number of hydrazone groups is 1. The van der Waals surface area contributed by atoms with Crippen molar-refractivity contribution in [3.8, 4) is 0 Å². The number of hydrazine groups is 1. The smallest absolute Gasteiger partial charge is 0.238 e. The summed E-state index contributed by atoms with van der Waals surface area (Å²) in [4.78, 5) is 4.72. The quantitative estimate of drug-likeness (QED) is 0.409. The second-order valence-electron chi connectivity index (χ2n) is 6.51. The molecule has 0 atom stereocenters. The first-order valence-corrected chi connectivity index (χ1v) is 10.0. The molecule has 0 fully saturated rings. The van der Waals surface area contributed by atoms with Crippen LogP contribution < -0.4 is 16.2 Å². The van der Waals surface area contributed by atoms with Gasteiger partial charge in [-0.15, -0.1) is 0 Å². The summed E-state index contributed by atoms with van der Waals surface area (Å²) >= 11 is 11.6. The van der Waals surface area contributed by atoms with Crippen LogP contribution in [0.2, 0.25) is 5.02 Å². The number of hydrogen-bond donors (Lipinski definition) is 3. The minimum atomic E-state index is 0.408. The average molecular weight is 435 g/mol. The van der Waals surface area contributed by atoms with E-state index in [9.17, 15) is 0 Å². The maximum atomic E-state index is 6.26. The molecule has 1 aliphatic rings. The van der Waals surface area contributed by atoms with Crippen molar-refractivity contribution in [2.45, 2.75) is 0 Å². The van der Waals surface area contributed by atoms with Crippen LogP contribution in [0.4, 0.5) is 11.4 Å². The first-order valence-electron chi connectivity index (χ1n) is 9.24. The molecule has 0 radical (unpaired) electrons. The number of rotatable bonds is 2. The van der Waals surface area contributed by atoms with Gasteiger partial charge in [-0.3, -0.25) is 10.9 Å². The van der Waals surface area contributed by atoms with Gasteiger partial charge in [0, 0.05) is 28.9 Å². The Hall–Kier alpha value is -3.42. The maximum absolute atomic E-state index is 6.26. The van der Waals surface area contributed by atoms with E-state index in [1.165, 1.54) is 0 Å². The number of hydrogen-bond acceptors (Lipinski definition) is 5. The van der Waals surface area contributed by atoms with Crippen molar-refractivity contribution in [1.29, 1.82) is 0 Å². The van der Waals surface area contributed by atoms with E-state index in [1.54, 1.807) is 5.01 Å². The van der Waals surface area contributed by atoms with Gasteiger partial charge in [0.05, 0.1) is 5.69 Å². The number of aliphatic imine (C=N–C) groups is 1. The molecular formula is C22H19ClN6S. The number of halogens is 1. The summed E-state index contributed by atoms with van der Waals surface area (Å²) in [6.07, 6.45) is 0. The van der Waals surface area contributed by atoms with Gasteiger partial charge in [-0.1, -0.05) is 60.1 Å². The summed E-state index contributed by atoms with van der Waals surface area (Å²) in [6, 6.07) is 25.2. The highest BCUT2D eigenvalue weighted by Crippen LogP contribution is 2.28. The van der Waals surface area contributed by atoms with Crippen LogP contribution in [0, 0.1) is 0 Å². The van der Waals surface area contributed by atoms with E-state index in [1.807, 2.05) is 85.9 Å². The van der Waals surface area contributed by atoms with E-state index in [-0.39, 0.29) is 0 Å². The van der Waals surface area contributed by atoms with Gasteiger partial charge in [-0.05, 0) is 42.5 Å². The number of benzene rings is 3. The molecule has 0 bridgehead atoms. The van der Waals surface area contributed by atoms with Gasteiger partial charge in [0.2, 0.25) is 5.96 Å². The summed E-state index contributed by atoms with van der Waals surface area (Å²) in [6.45, 7) is 0. The Balaban J connectivity index is 1.59. The zero-order valence-electron chi connectivity index (χ0n) is 16.1. The lowest BCUT2D eigenvalue weighted by Gasteiger charge is -2.18. The summed E-state index contributed by atoms with van der Waals surface area (Å²) in [5.41, 5.74) is 10.2. The van der Waals surface area contributed by atoms with Crippen molar-refractivity contribution in [2.24, 2.45) is 10.1 Å². The predicted molar refractivity (Wildman–Crippen MR) is 127 cm³/mol. The first kappa shape index (κ1) is 19.9. The van der Waals surface area contributed by atoms with E-state index >= 15 is 0 Å². The second kappa shape index (κ2) is 8.94. The molecular weight excluding hydrogens is 416 g/mol. The minimum absolute atomic E-state index is 0.408. The highest BCUT2D eigenvalue weighted by molar-refractivity contribution is 7.80. The molecule has 30 heavy (non-hydrogen) atoms. The van der Waals surface area contributed by atoms with E-state index in [2.05, 4.69) is 16.2 Å². The molecule has 1 heterocycles. The normalized spacial score (nSPS) is 12.8. The van der Waals surface area contributed by atoms with Gasteiger partial charge in [-0.2, -0.15) is 5.10 Å². The van der Waals surface area contributed by atoms with E-state index in [4.69, 9.17) is 33.9 Å². The third-order valence-corrected chi connectivity index (χ3v) is 4.80. The summed E-state index contributed by atoms with van der Waals surface area (Å²) < 4.78 is 0. The molecule has 4 rings (SSSR count). The number of nitrogens with one attached hydrogen (secondary N) is 3. The van der Waals surface area contributed by atoms with Gasteiger partial charge in [0.1, 0.15) is 5.71 Å². The van der Waals surface area contributed by atoms with Crippen LogP contribution in [-0.4, -0.2) is 28.8 Å². The molecule has 0 unspecified atom stereocenters. The van der Waals surface area contributed by atoms with Crippen LogP contribution in [0.3, 0.4) is 0 Å². The van der Waals surface area contributed by atoms with Crippen molar-refractivity contribution in [1.82, 2.24) is 15.9 Å². The van der Waals surface area contributed by atoms with E-state index < -0.39 is 0 Å². The number of anilines is 1. The fraction of sp³-hybridized carbons (Fsp3) is 0.0455. The van der Waals surface area contributed by atoms with Gasteiger partial charge in [0.15, 0.2) is 5.11 Å². The number of fused-ring (bicyclic) bond motifs is 1. The monoisotopic (exact) mass is 434 g/mol. The molecule has 6 nitrogen and oxygen atoms in total. The zero-order valence-corrected chi connectivity index (χ0v) is 17.7. The van der Waals surface area contributed by atoms with Crippen LogP contribution in [0.15, 0.2) is 89.0 Å². The van der Waals surface area contributed by atoms with Crippen molar-refractivity contribution < 1.29 is 0 Å². The Kier molecular flexibility index (Phi) is 5.92. The van der Waals surface area contributed by atoms with Crippen LogP contribution in [0.5, 0.6) is 0 Å². The Morgan fingerprint density at radius 1 is 0.967 bits per heavy atom. The van der Waals surface area contributed by atoms with Crippen LogP contribution >= 0.6 is 23.8 Å². The van der Waals surface area contributed by atoms with Crippen LogP contribution in [0.1, 0.15) is 11.1 Å². The molecule has 3 aromatic carbocycles. The zero-order chi connectivity index (χ0) is 20.9. The molecule has 1 aliphatic heterocycles. The topological polar surface area (TPSA) is 64.0 Å². The van der Waals surface area contributed by atoms with Crippen molar-refractivity contribution >= 4 is 52.0 Å². The molecule has 8 heteroatoms. The fourth-order valence-corrected chi connectivity index (χ4v) is 3.29. The molecule has 3 N–H and O–H groups in total. The Morgan fingerprint density at radius 3 is 2.40 bits per heavy atom. The molecule has 0 amide bonds.